The molecule has 2 aliphatic heterocycles. The molecular weight excluding hydrogens is 332 g/mol. The van der Waals surface area contributed by atoms with Crippen LogP contribution in [0.5, 0.6) is 5.75 Å². The van der Waals surface area contributed by atoms with Crippen molar-refractivity contribution in [3.63, 3.8) is 0 Å². The maximum Gasteiger partial charge on any atom is 0.410 e. The Morgan fingerprint density at radius 1 is 1.31 bits per heavy atom. The van der Waals surface area contributed by atoms with Crippen LogP contribution in [-0.2, 0) is 11.2 Å². The lowest BCUT2D eigenvalue weighted by molar-refractivity contribution is 0.0168. The van der Waals surface area contributed by atoms with E-state index in [9.17, 15) is 9.59 Å². The summed E-state index contributed by atoms with van der Waals surface area (Å²) in [5.41, 5.74) is 1.74. The Labute approximate surface area is 152 Å². The van der Waals surface area contributed by atoms with Crippen molar-refractivity contribution in [2.75, 3.05) is 19.7 Å². The highest BCUT2D eigenvalue weighted by Crippen LogP contribution is 2.33. The maximum absolute atomic E-state index is 12.6. The number of nitrogens with one attached hydrogen (secondary N) is 1. The van der Waals surface area contributed by atoms with Gasteiger partial charge in [-0.1, -0.05) is 13.8 Å². The van der Waals surface area contributed by atoms with Crippen molar-refractivity contribution < 1.29 is 14.3 Å². The number of pyridine rings is 1. The molecule has 1 fully saturated rings. The number of aromatic amines is 1. The Balaban J connectivity index is 1.51. The number of carbonyl (C=O) groups is 1. The van der Waals surface area contributed by atoms with Crippen molar-refractivity contribution >= 4 is 17.0 Å². The van der Waals surface area contributed by atoms with Gasteiger partial charge < -0.3 is 19.4 Å². The first-order valence-corrected chi connectivity index (χ1v) is 9.15. The Morgan fingerprint density at radius 3 is 2.96 bits per heavy atom. The second kappa shape index (κ2) is 6.34. The fourth-order valence-electron chi connectivity index (χ4n) is 3.96. The number of amides is 1. The van der Waals surface area contributed by atoms with Crippen LogP contribution in [0.2, 0.25) is 0 Å². The first kappa shape index (κ1) is 16.9. The van der Waals surface area contributed by atoms with Gasteiger partial charge in [-0.3, -0.25) is 4.79 Å². The van der Waals surface area contributed by atoms with Gasteiger partial charge in [-0.25, -0.2) is 4.79 Å². The molecule has 1 amide bonds. The molecule has 0 spiro atoms. The minimum Gasteiger partial charge on any atom is -0.489 e. The van der Waals surface area contributed by atoms with Crippen LogP contribution in [0.25, 0.3) is 10.9 Å². The lowest BCUT2D eigenvalue weighted by Gasteiger charge is -2.38. The Bertz CT molecular complexity index is 902. The predicted molar refractivity (Wildman–Crippen MR) is 98.6 cm³/mol. The topological polar surface area (TPSA) is 71.6 Å². The lowest BCUT2D eigenvalue weighted by atomic mass is 9.84. The van der Waals surface area contributed by atoms with Crippen molar-refractivity contribution in [3.8, 4) is 5.75 Å². The summed E-state index contributed by atoms with van der Waals surface area (Å²) in [5.74, 6) is 0.788. The van der Waals surface area contributed by atoms with Gasteiger partial charge in [-0.2, -0.15) is 0 Å². The number of piperidine rings is 1. The fourth-order valence-corrected chi connectivity index (χ4v) is 3.96. The molecule has 6 heteroatoms. The zero-order valence-electron chi connectivity index (χ0n) is 15.2. The molecule has 6 nitrogen and oxygen atoms in total. The number of nitrogens with zero attached hydrogens (tertiary/aromatic N) is 1. The zero-order valence-corrected chi connectivity index (χ0v) is 15.2. The van der Waals surface area contributed by atoms with Gasteiger partial charge in [0.1, 0.15) is 18.5 Å². The maximum atomic E-state index is 12.6. The monoisotopic (exact) mass is 356 g/mol. The normalized spacial score (nSPS) is 21.8. The molecular formula is C20H24N2O4. The Hall–Kier alpha value is -2.50. The number of ether oxygens (including phenoxy) is 2. The number of aromatic nitrogens is 1. The second-order valence-electron chi connectivity index (χ2n) is 8.04. The van der Waals surface area contributed by atoms with Crippen molar-refractivity contribution in [2.45, 2.75) is 39.2 Å². The molecule has 1 unspecified atom stereocenters. The van der Waals surface area contributed by atoms with Crippen LogP contribution < -0.4 is 10.3 Å². The van der Waals surface area contributed by atoms with Crippen LogP contribution in [0, 0.1) is 5.41 Å². The third kappa shape index (κ3) is 3.28. The fraction of sp³-hybridized carbons (Fsp3) is 0.500. The van der Waals surface area contributed by atoms with E-state index in [1.807, 2.05) is 12.1 Å². The van der Waals surface area contributed by atoms with E-state index in [0.717, 1.165) is 48.1 Å². The first-order chi connectivity index (χ1) is 12.4. The van der Waals surface area contributed by atoms with Crippen LogP contribution in [-0.4, -0.2) is 41.8 Å². The SMILES string of the molecule is CC1(C)CCCN(C(=O)OC2COc3ccc4[nH]c(=O)ccc4c3C2)C1. The molecule has 138 valence electrons. The molecule has 0 saturated carbocycles. The number of rotatable bonds is 1. The van der Waals surface area contributed by atoms with Crippen LogP contribution in [0.1, 0.15) is 32.3 Å². The molecule has 1 saturated heterocycles. The van der Waals surface area contributed by atoms with E-state index in [0.29, 0.717) is 13.0 Å². The quantitative estimate of drug-likeness (QED) is 0.852. The second-order valence-corrected chi connectivity index (χ2v) is 8.04. The molecule has 1 N–H and O–H groups in total. The predicted octanol–water partition coefficient (Wildman–Crippen LogP) is 3.09. The summed E-state index contributed by atoms with van der Waals surface area (Å²) in [6.07, 6.45) is 2.13. The number of H-pyrrole nitrogens is 1. The van der Waals surface area contributed by atoms with Crippen molar-refractivity contribution in [1.29, 1.82) is 0 Å². The standard InChI is InChI=1S/C20H24N2O4/c1-20(2)8-3-9-22(12-20)19(24)26-13-10-15-14-4-7-18(23)21-16(14)5-6-17(15)25-11-13/h4-7,13H,3,8-12H2,1-2H3,(H,21,23). The minimum absolute atomic E-state index is 0.134. The summed E-state index contributed by atoms with van der Waals surface area (Å²) in [7, 11) is 0. The van der Waals surface area contributed by atoms with E-state index >= 15 is 0 Å². The molecule has 0 radical (unpaired) electrons. The third-order valence-corrected chi connectivity index (χ3v) is 5.26. The van der Waals surface area contributed by atoms with Crippen molar-refractivity contribution in [2.24, 2.45) is 5.41 Å². The number of fused-ring (bicyclic) bond motifs is 3. The summed E-state index contributed by atoms with van der Waals surface area (Å²) in [4.78, 5) is 28.7. The molecule has 0 aliphatic carbocycles. The van der Waals surface area contributed by atoms with Gasteiger partial charge in [0, 0.05) is 42.0 Å². The highest BCUT2D eigenvalue weighted by molar-refractivity contribution is 5.84. The van der Waals surface area contributed by atoms with Crippen LogP contribution >= 0.6 is 0 Å². The molecule has 1 aromatic heterocycles. The molecule has 26 heavy (non-hydrogen) atoms. The average Bonchev–Trinajstić information content (AvgIpc) is 2.60. The van der Waals surface area contributed by atoms with Gasteiger partial charge >= 0.3 is 6.09 Å². The summed E-state index contributed by atoms with van der Waals surface area (Å²) in [6, 6.07) is 7.01. The van der Waals surface area contributed by atoms with Gasteiger partial charge in [0.15, 0.2) is 0 Å². The van der Waals surface area contributed by atoms with Gasteiger partial charge in [-0.05, 0) is 36.5 Å². The zero-order chi connectivity index (χ0) is 18.3. The van der Waals surface area contributed by atoms with Gasteiger partial charge in [0.05, 0.1) is 0 Å². The minimum atomic E-state index is -0.322. The molecule has 1 atom stereocenters. The smallest absolute Gasteiger partial charge is 0.410 e. The molecule has 4 rings (SSSR count). The molecule has 3 heterocycles. The number of carbonyl (C=O) groups excluding carboxylic acids is 1. The van der Waals surface area contributed by atoms with E-state index in [2.05, 4.69) is 18.8 Å². The van der Waals surface area contributed by atoms with Crippen molar-refractivity contribution in [3.05, 3.63) is 40.2 Å². The summed E-state index contributed by atoms with van der Waals surface area (Å²) >= 11 is 0. The molecule has 1 aromatic carbocycles. The molecule has 0 bridgehead atoms. The summed E-state index contributed by atoms with van der Waals surface area (Å²) in [6.45, 7) is 6.18. The highest BCUT2D eigenvalue weighted by Gasteiger charge is 2.32. The number of benzene rings is 1. The van der Waals surface area contributed by atoms with Gasteiger partial charge in [-0.15, -0.1) is 0 Å². The molecule has 2 aromatic rings. The average molecular weight is 356 g/mol. The highest BCUT2D eigenvalue weighted by atomic mass is 16.6. The van der Waals surface area contributed by atoms with Crippen LogP contribution in [0.3, 0.4) is 0 Å². The van der Waals surface area contributed by atoms with Crippen LogP contribution in [0.4, 0.5) is 4.79 Å². The van der Waals surface area contributed by atoms with E-state index < -0.39 is 0 Å². The third-order valence-electron chi connectivity index (χ3n) is 5.26. The van der Waals surface area contributed by atoms with E-state index in [-0.39, 0.29) is 23.2 Å². The van der Waals surface area contributed by atoms with Gasteiger partial charge in [0.2, 0.25) is 5.56 Å². The van der Waals surface area contributed by atoms with E-state index in [4.69, 9.17) is 9.47 Å². The Morgan fingerprint density at radius 2 is 2.15 bits per heavy atom. The lowest BCUT2D eigenvalue weighted by Crippen LogP contribution is -2.46. The van der Waals surface area contributed by atoms with E-state index in [1.165, 1.54) is 6.07 Å². The van der Waals surface area contributed by atoms with E-state index in [1.54, 1.807) is 11.0 Å². The number of likely N-dealkylation sites (tertiary alicyclic amines) is 1. The van der Waals surface area contributed by atoms with Crippen molar-refractivity contribution in [1.82, 2.24) is 9.88 Å². The van der Waals surface area contributed by atoms with Gasteiger partial charge in [0.25, 0.3) is 0 Å². The number of hydrogen-bond acceptors (Lipinski definition) is 4. The summed E-state index contributed by atoms with van der Waals surface area (Å²) in [5, 5.41) is 0.932. The Kier molecular flexibility index (Phi) is 4.13. The van der Waals surface area contributed by atoms with Crippen LogP contribution in [0.15, 0.2) is 29.1 Å². The number of hydrogen-bond donors (Lipinski definition) is 1. The molecule has 2 aliphatic rings. The first-order valence-electron chi connectivity index (χ1n) is 9.15. The largest absolute Gasteiger partial charge is 0.489 e. The summed E-state index contributed by atoms with van der Waals surface area (Å²) < 4.78 is 11.6.